The molecule has 1 atom stereocenters. The number of carbonyl (C=O) groups excluding carboxylic acids is 1. The van der Waals surface area contributed by atoms with Crippen LogP contribution in [-0.2, 0) is 11.2 Å². The van der Waals surface area contributed by atoms with Gasteiger partial charge in [0, 0.05) is 12.8 Å². The van der Waals surface area contributed by atoms with E-state index in [1.54, 1.807) is 0 Å². The number of anilines is 1. The van der Waals surface area contributed by atoms with Gasteiger partial charge in [-0.1, -0.05) is 23.5 Å². The average molecular weight is 316 g/mol. The topological polar surface area (TPSA) is 110 Å². The van der Waals surface area contributed by atoms with E-state index in [4.69, 9.17) is 5.73 Å². The maximum absolute atomic E-state index is 12.0. The van der Waals surface area contributed by atoms with Crippen molar-refractivity contribution >= 4 is 33.4 Å². The van der Waals surface area contributed by atoms with E-state index in [9.17, 15) is 4.79 Å². The number of fused-ring (bicyclic) bond motifs is 1. The number of H-pyrrole nitrogens is 1. The first-order valence-electron chi connectivity index (χ1n) is 6.93. The largest absolute Gasteiger partial charge is 0.374 e. The predicted molar refractivity (Wildman–Crippen MR) is 85.3 cm³/mol. The standard InChI is InChI=1S/C14H16N6OS/c1-8(13-19-20-14(15)22-13)16-12(21)7-6-11-17-9-4-2-3-5-10(9)18-11/h2-5,8H,6-7H2,1H3,(H2,15,20)(H,16,21)(H,17,18)/t8-/m0/s1. The van der Waals surface area contributed by atoms with Crippen LogP contribution in [0.1, 0.15) is 30.2 Å². The Labute approximate surface area is 131 Å². The fraction of sp³-hybridized carbons (Fsp3) is 0.286. The molecule has 3 aromatic rings. The normalized spacial score (nSPS) is 12.4. The fourth-order valence-electron chi connectivity index (χ4n) is 2.15. The molecule has 3 rings (SSSR count). The maximum Gasteiger partial charge on any atom is 0.221 e. The molecule has 4 N–H and O–H groups in total. The lowest BCUT2D eigenvalue weighted by atomic mass is 10.2. The molecule has 0 spiro atoms. The lowest BCUT2D eigenvalue weighted by Gasteiger charge is -2.09. The molecule has 0 radical (unpaired) electrons. The highest BCUT2D eigenvalue weighted by Crippen LogP contribution is 2.19. The van der Waals surface area contributed by atoms with E-state index >= 15 is 0 Å². The van der Waals surface area contributed by atoms with Gasteiger partial charge in [0.15, 0.2) is 0 Å². The van der Waals surface area contributed by atoms with Gasteiger partial charge < -0.3 is 16.0 Å². The summed E-state index contributed by atoms with van der Waals surface area (Å²) in [6.07, 6.45) is 0.921. The number of para-hydroxylation sites is 2. The van der Waals surface area contributed by atoms with E-state index in [1.807, 2.05) is 31.2 Å². The molecule has 8 heteroatoms. The molecule has 0 bridgehead atoms. The number of aromatic amines is 1. The van der Waals surface area contributed by atoms with Crippen molar-refractivity contribution in [3.8, 4) is 0 Å². The minimum absolute atomic E-state index is 0.0540. The number of imidazole rings is 1. The van der Waals surface area contributed by atoms with Crippen LogP contribution in [0.25, 0.3) is 11.0 Å². The summed E-state index contributed by atoms with van der Waals surface area (Å²) in [6, 6.07) is 7.60. The van der Waals surface area contributed by atoms with E-state index in [2.05, 4.69) is 25.5 Å². The van der Waals surface area contributed by atoms with Crippen molar-refractivity contribution in [3.63, 3.8) is 0 Å². The number of nitrogens with one attached hydrogen (secondary N) is 2. The summed E-state index contributed by atoms with van der Waals surface area (Å²) >= 11 is 1.28. The van der Waals surface area contributed by atoms with E-state index in [0.717, 1.165) is 16.9 Å². The van der Waals surface area contributed by atoms with Gasteiger partial charge in [-0.3, -0.25) is 4.79 Å². The Morgan fingerprint density at radius 2 is 2.23 bits per heavy atom. The Kier molecular flexibility index (Phi) is 4.01. The van der Waals surface area contributed by atoms with Crippen LogP contribution in [0.3, 0.4) is 0 Å². The Hall–Kier alpha value is -2.48. The number of aromatic nitrogens is 4. The van der Waals surface area contributed by atoms with Gasteiger partial charge in [0.05, 0.1) is 17.1 Å². The minimum Gasteiger partial charge on any atom is -0.374 e. The van der Waals surface area contributed by atoms with Gasteiger partial charge in [-0.25, -0.2) is 4.98 Å². The molecule has 0 aliphatic rings. The van der Waals surface area contributed by atoms with Gasteiger partial charge in [-0.2, -0.15) is 0 Å². The van der Waals surface area contributed by atoms with Crippen molar-refractivity contribution in [2.75, 3.05) is 5.73 Å². The van der Waals surface area contributed by atoms with E-state index in [0.29, 0.717) is 23.0 Å². The second-order valence-corrected chi connectivity index (χ2v) is 6.01. The first-order valence-corrected chi connectivity index (χ1v) is 7.75. The van der Waals surface area contributed by atoms with Crippen molar-refractivity contribution in [1.82, 2.24) is 25.5 Å². The van der Waals surface area contributed by atoms with Crippen LogP contribution >= 0.6 is 11.3 Å². The molecule has 7 nitrogen and oxygen atoms in total. The van der Waals surface area contributed by atoms with Gasteiger partial charge in [0.1, 0.15) is 10.8 Å². The van der Waals surface area contributed by atoms with E-state index in [-0.39, 0.29) is 11.9 Å². The first kappa shape index (κ1) is 14.5. The molecular weight excluding hydrogens is 300 g/mol. The molecule has 114 valence electrons. The van der Waals surface area contributed by atoms with Crippen molar-refractivity contribution in [2.24, 2.45) is 0 Å². The van der Waals surface area contributed by atoms with Gasteiger partial charge >= 0.3 is 0 Å². The molecule has 0 saturated heterocycles. The van der Waals surface area contributed by atoms with Gasteiger partial charge in [-0.05, 0) is 19.1 Å². The summed E-state index contributed by atoms with van der Waals surface area (Å²) < 4.78 is 0. The number of aryl methyl sites for hydroxylation is 1. The lowest BCUT2D eigenvalue weighted by molar-refractivity contribution is -0.121. The third kappa shape index (κ3) is 3.22. The molecule has 0 aliphatic heterocycles. The summed E-state index contributed by atoms with van der Waals surface area (Å²) in [6.45, 7) is 1.86. The second-order valence-electron chi connectivity index (χ2n) is 4.97. The fourth-order valence-corrected chi connectivity index (χ4v) is 2.77. The Balaban J connectivity index is 1.55. The molecule has 1 aromatic carbocycles. The Bertz CT molecular complexity index is 762. The molecule has 0 saturated carbocycles. The van der Waals surface area contributed by atoms with E-state index < -0.39 is 0 Å². The summed E-state index contributed by atoms with van der Waals surface area (Å²) in [7, 11) is 0. The van der Waals surface area contributed by atoms with Crippen LogP contribution in [-0.4, -0.2) is 26.1 Å². The predicted octanol–water partition coefficient (Wildman–Crippen LogP) is 1.81. The zero-order valence-electron chi connectivity index (χ0n) is 12.0. The number of rotatable bonds is 5. The molecule has 0 aliphatic carbocycles. The van der Waals surface area contributed by atoms with Crippen LogP contribution < -0.4 is 11.1 Å². The molecule has 2 heterocycles. The zero-order chi connectivity index (χ0) is 15.5. The molecule has 0 unspecified atom stereocenters. The van der Waals surface area contributed by atoms with E-state index in [1.165, 1.54) is 11.3 Å². The van der Waals surface area contributed by atoms with Gasteiger partial charge in [-0.15, -0.1) is 10.2 Å². The van der Waals surface area contributed by atoms with Crippen LogP contribution in [0.5, 0.6) is 0 Å². The third-order valence-corrected chi connectivity index (χ3v) is 4.17. The number of nitrogen functional groups attached to an aromatic ring is 1. The SMILES string of the molecule is C[C@H](NC(=O)CCc1nc2ccccc2[nH]1)c1nnc(N)s1. The number of hydrogen-bond donors (Lipinski definition) is 3. The molecule has 1 amide bonds. The smallest absolute Gasteiger partial charge is 0.221 e. The summed E-state index contributed by atoms with van der Waals surface area (Å²) in [5.41, 5.74) is 7.43. The number of nitrogens with zero attached hydrogens (tertiary/aromatic N) is 3. The minimum atomic E-state index is -0.196. The van der Waals surface area contributed by atoms with Crippen molar-refractivity contribution < 1.29 is 4.79 Å². The average Bonchev–Trinajstić information content (AvgIpc) is 3.10. The second kappa shape index (κ2) is 6.10. The van der Waals surface area contributed by atoms with Gasteiger partial charge in [0.25, 0.3) is 0 Å². The summed E-state index contributed by atoms with van der Waals surface area (Å²) in [5.74, 6) is 0.755. The monoisotopic (exact) mass is 316 g/mol. The number of nitrogens with two attached hydrogens (primary N) is 1. The van der Waals surface area contributed by atoms with Crippen LogP contribution in [0.2, 0.25) is 0 Å². The van der Waals surface area contributed by atoms with Crippen molar-refractivity contribution in [1.29, 1.82) is 0 Å². The highest BCUT2D eigenvalue weighted by Gasteiger charge is 2.14. The molecule has 2 aromatic heterocycles. The summed E-state index contributed by atoms with van der Waals surface area (Å²) in [5, 5.41) is 11.7. The third-order valence-electron chi connectivity index (χ3n) is 3.23. The number of benzene rings is 1. The van der Waals surface area contributed by atoms with Crippen molar-refractivity contribution in [3.05, 3.63) is 35.1 Å². The highest BCUT2D eigenvalue weighted by molar-refractivity contribution is 7.15. The Morgan fingerprint density at radius 1 is 1.41 bits per heavy atom. The quantitative estimate of drug-likeness (QED) is 0.665. The van der Waals surface area contributed by atoms with Crippen LogP contribution in [0.4, 0.5) is 5.13 Å². The molecule has 0 fully saturated rings. The number of hydrogen-bond acceptors (Lipinski definition) is 6. The maximum atomic E-state index is 12.0. The van der Waals surface area contributed by atoms with Crippen LogP contribution in [0, 0.1) is 0 Å². The first-order chi connectivity index (χ1) is 10.6. The lowest BCUT2D eigenvalue weighted by Crippen LogP contribution is -2.26. The molecule has 22 heavy (non-hydrogen) atoms. The number of amides is 1. The summed E-state index contributed by atoms with van der Waals surface area (Å²) in [4.78, 5) is 19.7. The van der Waals surface area contributed by atoms with Crippen molar-refractivity contribution in [2.45, 2.75) is 25.8 Å². The van der Waals surface area contributed by atoms with Crippen LogP contribution in [0.15, 0.2) is 24.3 Å². The number of carbonyl (C=O) groups is 1. The van der Waals surface area contributed by atoms with Gasteiger partial charge in [0.2, 0.25) is 11.0 Å². The Morgan fingerprint density at radius 3 is 2.95 bits per heavy atom. The highest BCUT2D eigenvalue weighted by atomic mass is 32.1. The molecular formula is C14H16N6OS. The zero-order valence-corrected chi connectivity index (χ0v) is 12.9.